The minimum Gasteiger partial charge on any atom is -0.497 e. The molecule has 1 aromatic heterocycles. The van der Waals surface area contributed by atoms with Crippen LogP contribution in [0.3, 0.4) is 0 Å². The molecule has 0 aliphatic heterocycles. The lowest BCUT2D eigenvalue weighted by molar-refractivity contribution is 0.104. The molecular formula is C14H14N2O2. The molecule has 0 spiro atoms. The Morgan fingerprint density at radius 2 is 2.06 bits per heavy atom. The maximum absolute atomic E-state index is 11.8. The molecule has 0 radical (unpaired) electrons. The van der Waals surface area contributed by atoms with Gasteiger partial charge in [0, 0.05) is 13.2 Å². The van der Waals surface area contributed by atoms with Gasteiger partial charge in [-0.25, -0.2) is 0 Å². The number of ether oxygens (including phenoxy) is 1. The van der Waals surface area contributed by atoms with Gasteiger partial charge >= 0.3 is 0 Å². The Morgan fingerprint density at radius 1 is 1.33 bits per heavy atom. The van der Waals surface area contributed by atoms with E-state index in [1.807, 2.05) is 24.3 Å². The number of rotatable bonds is 4. The molecule has 0 unspecified atom stereocenters. The van der Waals surface area contributed by atoms with Crippen molar-refractivity contribution in [3.63, 3.8) is 0 Å². The summed E-state index contributed by atoms with van der Waals surface area (Å²) in [7, 11) is 3.40. The van der Waals surface area contributed by atoms with E-state index in [0.717, 1.165) is 11.3 Å². The lowest BCUT2D eigenvalue weighted by Gasteiger charge is -1.98. The zero-order valence-electron chi connectivity index (χ0n) is 10.3. The van der Waals surface area contributed by atoms with Crippen LogP contribution in [-0.2, 0) is 7.05 Å². The van der Waals surface area contributed by atoms with Crippen LogP contribution >= 0.6 is 0 Å². The Labute approximate surface area is 106 Å². The minimum absolute atomic E-state index is 0.0566. The zero-order chi connectivity index (χ0) is 13.0. The average Bonchev–Trinajstić information content (AvgIpc) is 2.83. The van der Waals surface area contributed by atoms with Gasteiger partial charge in [-0.05, 0) is 23.8 Å². The highest BCUT2D eigenvalue weighted by atomic mass is 16.5. The summed E-state index contributed by atoms with van der Waals surface area (Å²) in [6.45, 7) is 0. The number of nitrogens with zero attached hydrogens (tertiary/aromatic N) is 2. The fourth-order valence-electron chi connectivity index (χ4n) is 1.53. The van der Waals surface area contributed by atoms with Crippen molar-refractivity contribution in [2.75, 3.05) is 7.11 Å². The van der Waals surface area contributed by atoms with Gasteiger partial charge in [0.1, 0.15) is 5.75 Å². The summed E-state index contributed by atoms with van der Waals surface area (Å²) in [6.07, 6.45) is 6.56. The first-order chi connectivity index (χ1) is 8.69. The largest absolute Gasteiger partial charge is 0.497 e. The summed E-state index contributed by atoms with van der Waals surface area (Å²) in [4.78, 5) is 11.8. The second kappa shape index (κ2) is 5.31. The van der Waals surface area contributed by atoms with Crippen molar-refractivity contribution in [3.05, 3.63) is 53.9 Å². The summed E-state index contributed by atoms with van der Waals surface area (Å²) >= 11 is 0. The third-order valence-electron chi connectivity index (χ3n) is 2.53. The zero-order valence-corrected chi connectivity index (χ0v) is 10.3. The second-order valence-electron chi connectivity index (χ2n) is 3.87. The molecular weight excluding hydrogens is 228 g/mol. The van der Waals surface area contributed by atoms with Crippen molar-refractivity contribution < 1.29 is 9.53 Å². The molecule has 18 heavy (non-hydrogen) atoms. The van der Waals surface area contributed by atoms with Crippen LogP contribution in [0.25, 0.3) is 6.08 Å². The third kappa shape index (κ3) is 2.85. The molecule has 1 heterocycles. The van der Waals surface area contributed by atoms with Gasteiger partial charge in [-0.3, -0.25) is 9.48 Å². The molecule has 0 bridgehead atoms. The maximum Gasteiger partial charge on any atom is 0.189 e. The van der Waals surface area contributed by atoms with Crippen molar-refractivity contribution in [1.82, 2.24) is 9.78 Å². The normalized spacial score (nSPS) is 10.8. The predicted molar refractivity (Wildman–Crippen MR) is 69.6 cm³/mol. The third-order valence-corrected chi connectivity index (χ3v) is 2.53. The number of ketones is 1. The predicted octanol–water partition coefficient (Wildman–Crippen LogP) is 2.32. The Kier molecular flexibility index (Phi) is 3.57. The van der Waals surface area contributed by atoms with E-state index in [-0.39, 0.29) is 5.78 Å². The molecule has 2 rings (SSSR count). The first kappa shape index (κ1) is 12.1. The number of allylic oxidation sites excluding steroid dienone is 1. The standard InChI is InChI=1S/C14H14N2O2/c1-16-10-12(9-15-16)14(17)8-5-11-3-6-13(18-2)7-4-11/h3-10H,1-2H3/b8-5-. The lowest BCUT2D eigenvalue weighted by atomic mass is 10.1. The van der Waals surface area contributed by atoms with Gasteiger partial charge < -0.3 is 4.74 Å². The number of methoxy groups -OCH3 is 1. The number of aryl methyl sites for hydroxylation is 1. The van der Waals surface area contributed by atoms with Crippen molar-refractivity contribution in [2.24, 2.45) is 7.05 Å². The second-order valence-corrected chi connectivity index (χ2v) is 3.87. The van der Waals surface area contributed by atoms with Crippen LogP contribution in [0.1, 0.15) is 15.9 Å². The average molecular weight is 242 g/mol. The Hall–Kier alpha value is -2.36. The Balaban J connectivity index is 2.08. The van der Waals surface area contributed by atoms with E-state index in [1.54, 1.807) is 43.4 Å². The van der Waals surface area contributed by atoms with Gasteiger partial charge in [-0.1, -0.05) is 18.2 Å². The van der Waals surface area contributed by atoms with E-state index in [0.29, 0.717) is 5.56 Å². The van der Waals surface area contributed by atoms with E-state index in [1.165, 1.54) is 0 Å². The molecule has 0 amide bonds. The molecule has 0 N–H and O–H groups in total. The van der Waals surface area contributed by atoms with Crippen LogP contribution < -0.4 is 4.74 Å². The monoisotopic (exact) mass is 242 g/mol. The molecule has 4 nitrogen and oxygen atoms in total. The van der Waals surface area contributed by atoms with Gasteiger partial charge in [0.05, 0.1) is 18.9 Å². The molecule has 0 atom stereocenters. The Bertz CT molecular complexity index is 568. The van der Waals surface area contributed by atoms with Crippen LogP contribution in [-0.4, -0.2) is 22.7 Å². The minimum atomic E-state index is -0.0566. The van der Waals surface area contributed by atoms with E-state index >= 15 is 0 Å². The maximum atomic E-state index is 11.8. The van der Waals surface area contributed by atoms with Crippen LogP contribution in [0.4, 0.5) is 0 Å². The number of benzene rings is 1. The molecule has 1 aromatic carbocycles. The summed E-state index contributed by atoms with van der Waals surface area (Å²) < 4.78 is 6.67. The van der Waals surface area contributed by atoms with Gasteiger partial charge in [0.2, 0.25) is 0 Å². The smallest absolute Gasteiger partial charge is 0.189 e. The molecule has 4 heteroatoms. The van der Waals surface area contributed by atoms with Gasteiger partial charge in [-0.2, -0.15) is 5.10 Å². The highest BCUT2D eigenvalue weighted by Crippen LogP contribution is 2.12. The number of aromatic nitrogens is 2. The number of carbonyl (C=O) groups is 1. The fourth-order valence-corrected chi connectivity index (χ4v) is 1.53. The van der Waals surface area contributed by atoms with E-state index in [2.05, 4.69) is 5.10 Å². The van der Waals surface area contributed by atoms with Crippen LogP contribution in [0.15, 0.2) is 42.7 Å². The van der Waals surface area contributed by atoms with Crippen LogP contribution in [0.5, 0.6) is 5.75 Å². The van der Waals surface area contributed by atoms with Gasteiger partial charge in [0.25, 0.3) is 0 Å². The van der Waals surface area contributed by atoms with Crippen molar-refractivity contribution in [3.8, 4) is 5.75 Å². The van der Waals surface area contributed by atoms with E-state index < -0.39 is 0 Å². The highest BCUT2D eigenvalue weighted by molar-refractivity contribution is 6.06. The molecule has 92 valence electrons. The van der Waals surface area contributed by atoms with E-state index in [9.17, 15) is 4.79 Å². The van der Waals surface area contributed by atoms with E-state index in [4.69, 9.17) is 4.74 Å². The summed E-state index contributed by atoms with van der Waals surface area (Å²) in [5.41, 5.74) is 1.54. The topological polar surface area (TPSA) is 44.1 Å². The summed E-state index contributed by atoms with van der Waals surface area (Å²) in [5, 5.41) is 3.96. The van der Waals surface area contributed by atoms with Crippen molar-refractivity contribution >= 4 is 11.9 Å². The first-order valence-corrected chi connectivity index (χ1v) is 5.54. The molecule has 0 saturated heterocycles. The van der Waals surface area contributed by atoms with Crippen LogP contribution in [0.2, 0.25) is 0 Å². The quantitative estimate of drug-likeness (QED) is 0.610. The van der Waals surface area contributed by atoms with Crippen LogP contribution in [0, 0.1) is 0 Å². The van der Waals surface area contributed by atoms with Gasteiger partial charge in [-0.15, -0.1) is 0 Å². The molecule has 2 aromatic rings. The summed E-state index contributed by atoms with van der Waals surface area (Å²) in [6, 6.07) is 7.50. The van der Waals surface area contributed by atoms with Crippen molar-refractivity contribution in [2.45, 2.75) is 0 Å². The SMILES string of the molecule is COc1ccc(/C=C\C(=O)c2cnn(C)c2)cc1. The Morgan fingerprint density at radius 3 is 2.61 bits per heavy atom. The van der Waals surface area contributed by atoms with Crippen molar-refractivity contribution in [1.29, 1.82) is 0 Å². The molecule has 0 aliphatic rings. The first-order valence-electron chi connectivity index (χ1n) is 5.54. The highest BCUT2D eigenvalue weighted by Gasteiger charge is 2.03. The lowest BCUT2D eigenvalue weighted by Crippen LogP contribution is -1.91. The number of hydrogen-bond acceptors (Lipinski definition) is 3. The molecule has 0 saturated carbocycles. The van der Waals surface area contributed by atoms with Gasteiger partial charge in [0.15, 0.2) is 5.78 Å². The fraction of sp³-hybridized carbons (Fsp3) is 0.143. The number of hydrogen-bond donors (Lipinski definition) is 0. The molecule has 0 aliphatic carbocycles. The summed E-state index contributed by atoms with van der Waals surface area (Å²) in [5.74, 6) is 0.740. The molecule has 0 fully saturated rings. The number of carbonyl (C=O) groups excluding carboxylic acids is 1.